The average Bonchev–Trinajstić information content (AvgIpc) is 3.21. The predicted molar refractivity (Wildman–Crippen MR) is 73.3 cm³/mol. The van der Waals surface area contributed by atoms with Crippen molar-refractivity contribution >= 4 is 22.7 Å². The Labute approximate surface area is 114 Å². The quantitative estimate of drug-likeness (QED) is 0.794. The van der Waals surface area contributed by atoms with E-state index in [1.165, 1.54) is 31.3 Å². The summed E-state index contributed by atoms with van der Waals surface area (Å²) in [5.41, 5.74) is 2.35. The van der Waals surface area contributed by atoms with Gasteiger partial charge in [0.1, 0.15) is 12.1 Å². The van der Waals surface area contributed by atoms with E-state index in [-0.39, 0.29) is 5.82 Å². The standard InChI is InChI=1S/C14H12FN5/c15-9-1-3-10(4-2-9)19-13-12-14(17-7-16-13)20(8-18-12)11-5-6-11/h1-4,7-8,11H,5-6H2,(H,16,17,19). The third kappa shape index (κ3) is 1.89. The number of fused-ring (bicyclic) bond motifs is 1. The summed E-state index contributed by atoms with van der Waals surface area (Å²) in [5, 5.41) is 3.15. The third-order valence-corrected chi connectivity index (χ3v) is 3.41. The van der Waals surface area contributed by atoms with Crippen LogP contribution in [0.15, 0.2) is 36.9 Å². The number of anilines is 2. The molecule has 20 heavy (non-hydrogen) atoms. The minimum absolute atomic E-state index is 0.263. The first-order chi connectivity index (χ1) is 9.81. The van der Waals surface area contributed by atoms with Crippen LogP contribution in [0.25, 0.3) is 11.2 Å². The molecular formula is C14H12FN5. The van der Waals surface area contributed by atoms with Crippen LogP contribution in [-0.2, 0) is 0 Å². The fourth-order valence-electron chi connectivity index (χ4n) is 2.23. The molecule has 0 unspecified atom stereocenters. The van der Waals surface area contributed by atoms with Crippen LogP contribution >= 0.6 is 0 Å². The molecule has 2 aromatic heterocycles. The first-order valence-electron chi connectivity index (χ1n) is 6.51. The second kappa shape index (κ2) is 4.26. The summed E-state index contributed by atoms with van der Waals surface area (Å²) >= 11 is 0. The van der Waals surface area contributed by atoms with Crippen LogP contribution in [0.2, 0.25) is 0 Å². The highest BCUT2D eigenvalue weighted by Gasteiger charge is 2.26. The Hall–Kier alpha value is -2.50. The van der Waals surface area contributed by atoms with Gasteiger partial charge in [0, 0.05) is 11.7 Å². The van der Waals surface area contributed by atoms with Gasteiger partial charge in [-0.3, -0.25) is 0 Å². The number of rotatable bonds is 3. The van der Waals surface area contributed by atoms with Crippen LogP contribution in [0.3, 0.4) is 0 Å². The molecule has 0 bridgehead atoms. The zero-order valence-corrected chi connectivity index (χ0v) is 10.6. The molecule has 4 rings (SSSR count). The molecule has 1 fully saturated rings. The number of hydrogen-bond donors (Lipinski definition) is 1. The van der Waals surface area contributed by atoms with E-state index in [0.29, 0.717) is 11.9 Å². The van der Waals surface area contributed by atoms with Gasteiger partial charge in [-0.2, -0.15) is 0 Å². The van der Waals surface area contributed by atoms with Crippen molar-refractivity contribution in [3.8, 4) is 0 Å². The van der Waals surface area contributed by atoms with Gasteiger partial charge in [0.05, 0.1) is 6.33 Å². The number of halogens is 1. The largest absolute Gasteiger partial charge is 0.338 e. The van der Waals surface area contributed by atoms with E-state index in [4.69, 9.17) is 0 Å². The highest BCUT2D eigenvalue weighted by molar-refractivity contribution is 5.85. The summed E-state index contributed by atoms with van der Waals surface area (Å²) in [6, 6.07) is 6.67. The lowest BCUT2D eigenvalue weighted by atomic mass is 10.3. The van der Waals surface area contributed by atoms with Crippen LogP contribution in [0.5, 0.6) is 0 Å². The molecule has 1 aliphatic carbocycles. The van der Waals surface area contributed by atoms with Gasteiger partial charge in [-0.25, -0.2) is 19.3 Å². The van der Waals surface area contributed by atoms with Gasteiger partial charge in [-0.15, -0.1) is 0 Å². The topological polar surface area (TPSA) is 55.6 Å². The first-order valence-corrected chi connectivity index (χ1v) is 6.51. The van der Waals surface area contributed by atoms with Crippen LogP contribution in [0, 0.1) is 5.82 Å². The van der Waals surface area contributed by atoms with Crippen LogP contribution < -0.4 is 5.32 Å². The summed E-state index contributed by atoms with van der Waals surface area (Å²) in [7, 11) is 0. The Kier molecular flexibility index (Phi) is 2.42. The molecule has 1 aliphatic rings. The molecule has 5 nitrogen and oxygen atoms in total. The van der Waals surface area contributed by atoms with Crippen molar-refractivity contribution in [2.24, 2.45) is 0 Å². The summed E-state index contributed by atoms with van der Waals surface area (Å²) in [5.74, 6) is 0.377. The smallest absolute Gasteiger partial charge is 0.165 e. The maximum Gasteiger partial charge on any atom is 0.165 e. The molecule has 100 valence electrons. The highest BCUT2D eigenvalue weighted by atomic mass is 19.1. The molecule has 0 aliphatic heterocycles. The maximum atomic E-state index is 12.9. The van der Waals surface area contributed by atoms with Crippen molar-refractivity contribution in [1.82, 2.24) is 19.5 Å². The van der Waals surface area contributed by atoms with Gasteiger partial charge in [0.2, 0.25) is 0 Å². The Bertz CT molecular complexity index is 761. The van der Waals surface area contributed by atoms with E-state index >= 15 is 0 Å². The summed E-state index contributed by atoms with van der Waals surface area (Å²) in [6.45, 7) is 0. The molecule has 3 aromatic rings. The Balaban J connectivity index is 1.74. The SMILES string of the molecule is Fc1ccc(Nc2ncnc3c2ncn3C2CC2)cc1. The van der Waals surface area contributed by atoms with E-state index in [9.17, 15) is 4.39 Å². The lowest BCUT2D eigenvalue weighted by molar-refractivity contribution is 0.628. The molecule has 2 heterocycles. The highest BCUT2D eigenvalue weighted by Crippen LogP contribution is 2.37. The Morgan fingerprint density at radius 1 is 1.10 bits per heavy atom. The van der Waals surface area contributed by atoms with Crippen molar-refractivity contribution in [2.45, 2.75) is 18.9 Å². The molecule has 6 heteroatoms. The van der Waals surface area contributed by atoms with Crippen molar-refractivity contribution < 1.29 is 4.39 Å². The fourth-order valence-corrected chi connectivity index (χ4v) is 2.23. The van der Waals surface area contributed by atoms with Gasteiger partial charge in [0.25, 0.3) is 0 Å². The van der Waals surface area contributed by atoms with E-state index in [1.54, 1.807) is 12.1 Å². The first kappa shape index (κ1) is 11.3. The van der Waals surface area contributed by atoms with Crippen LogP contribution in [0.1, 0.15) is 18.9 Å². The monoisotopic (exact) mass is 269 g/mol. The molecule has 1 saturated carbocycles. The molecule has 0 spiro atoms. The van der Waals surface area contributed by atoms with Crippen molar-refractivity contribution in [3.05, 3.63) is 42.7 Å². The van der Waals surface area contributed by atoms with E-state index in [0.717, 1.165) is 16.9 Å². The number of hydrogen-bond acceptors (Lipinski definition) is 4. The van der Waals surface area contributed by atoms with Gasteiger partial charge >= 0.3 is 0 Å². The fraction of sp³-hybridized carbons (Fsp3) is 0.214. The van der Waals surface area contributed by atoms with Crippen molar-refractivity contribution in [3.63, 3.8) is 0 Å². The molecule has 0 atom stereocenters. The van der Waals surface area contributed by atoms with Gasteiger partial charge < -0.3 is 9.88 Å². The van der Waals surface area contributed by atoms with Gasteiger partial charge in [0.15, 0.2) is 17.0 Å². The molecule has 1 N–H and O–H groups in total. The lowest BCUT2D eigenvalue weighted by Crippen LogP contribution is -1.98. The molecule has 0 amide bonds. The van der Waals surface area contributed by atoms with Crippen LogP contribution in [-0.4, -0.2) is 19.5 Å². The number of nitrogens with zero attached hydrogens (tertiary/aromatic N) is 4. The third-order valence-electron chi connectivity index (χ3n) is 3.41. The van der Waals surface area contributed by atoms with Crippen LogP contribution in [0.4, 0.5) is 15.9 Å². The number of aromatic nitrogens is 4. The zero-order valence-electron chi connectivity index (χ0n) is 10.6. The van der Waals surface area contributed by atoms with E-state index < -0.39 is 0 Å². The molecule has 0 saturated heterocycles. The zero-order chi connectivity index (χ0) is 13.5. The molecule has 0 radical (unpaired) electrons. The summed E-state index contributed by atoms with van der Waals surface area (Å²) < 4.78 is 15.0. The summed E-state index contributed by atoms with van der Waals surface area (Å²) in [6.07, 6.45) is 5.69. The van der Waals surface area contributed by atoms with E-state index in [1.807, 2.05) is 6.33 Å². The predicted octanol–water partition coefficient (Wildman–Crippen LogP) is 3.04. The van der Waals surface area contributed by atoms with E-state index in [2.05, 4.69) is 24.8 Å². The summed E-state index contributed by atoms with van der Waals surface area (Å²) in [4.78, 5) is 12.9. The normalized spacial score (nSPS) is 14.7. The molecular weight excluding hydrogens is 257 g/mol. The minimum Gasteiger partial charge on any atom is -0.338 e. The number of nitrogens with one attached hydrogen (secondary N) is 1. The maximum absolute atomic E-state index is 12.9. The molecule has 1 aromatic carbocycles. The number of imidazole rings is 1. The Morgan fingerprint density at radius 2 is 1.90 bits per heavy atom. The average molecular weight is 269 g/mol. The van der Waals surface area contributed by atoms with Crippen molar-refractivity contribution in [1.29, 1.82) is 0 Å². The Morgan fingerprint density at radius 3 is 2.65 bits per heavy atom. The van der Waals surface area contributed by atoms with Gasteiger partial charge in [-0.1, -0.05) is 0 Å². The van der Waals surface area contributed by atoms with Crippen molar-refractivity contribution in [2.75, 3.05) is 5.32 Å². The second-order valence-electron chi connectivity index (χ2n) is 4.91. The minimum atomic E-state index is -0.263. The van der Waals surface area contributed by atoms with Gasteiger partial charge in [-0.05, 0) is 37.1 Å². The lowest BCUT2D eigenvalue weighted by Gasteiger charge is -2.06. The second-order valence-corrected chi connectivity index (χ2v) is 4.91. The number of benzene rings is 1.